The second-order valence-corrected chi connectivity index (χ2v) is 2.71. The maximum Gasteiger partial charge on any atom is 2.00 e. The summed E-state index contributed by atoms with van der Waals surface area (Å²) in [7, 11) is 0. The monoisotopic (exact) mass is 283 g/mol. The van der Waals surface area contributed by atoms with Crippen molar-refractivity contribution in [3.05, 3.63) is 0 Å². The second-order valence-electron chi connectivity index (χ2n) is 1.73. The van der Waals surface area contributed by atoms with E-state index in [1.54, 1.807) is 11.8 Å². The van der Waals surface area contributed by atoms with Gasteiger partial charge in [-0.25, -0.2) is 0 Å². The van der Waals surface area contributed by atoms with Crippen LogP contribution in [0.5, 0.6) is 0 Å². The molecule has 0 heterocycles. The van der Waals surface area contributed by atoms with Crippen molar-refractivity contribution >= 4 is 17.7 Å². The molecule has 0 amide bonds. The van der Waals surface area contributed by atoms with Gasteiger partial charge in [0.15, 0.2) is 0 Å². The molecule has 7 heteroatoms. The maximum atomic E-state index is 10.1. The van der Waals surface area contributed by atoms with Crippen LogP contribution in [0.2, 0.25) is 0 Å². The fourth-order valence-corrected chi connectivity index (χ4v) is 0.858. The second kappa shape index (κ2) is 14.5. The van der Waals surface area contributed by atoms with E-state index in [2.05, 4.69) is 0 Å². The topological polar surface area (TPSA) is 63.3 Å². The molecule has 0 aliphatic heterocycles. The minimum Gasteiger partial charge on any atom is -1.00 e. The van der Waals surface area contributed by atoms with E-state index in [0.29, 0.717) is 6.42 Å². The van der Waals surface area contributed by atoms with E-state index in [-0.39, 0.29) is 44.3 Å². The molecule has 0 aromatic rings. The molecule has 0 spiro atoms. The number of carboxylic acids is 1. The van der Waals surface area contributed by atoms with E-state index in [1.165, 1.54) is 0 Å². The molecule has 0 rings (SSSR count). The van der Waals surface area contributed by atoms with Crippen LogP contribution in [-0.2, 0) is 24.3 Å². The van der Waals surface area contributed by atoms with E-state index < -0.39 is 12.0 Å². The first kappa shape index (κ1) is 23.1. The molecule has 0 radical (unpaired) electrons. The van der Waals surface area contributed by atoms with Crippen molar-refractivity contribution in [2.45, 2.75) is 12.5 Å². The van der Waals surface area contributed by atoms with E-state index in [9.17, 15) is 4.79 Å². The summed E-state index contributed by atoms with van der Waals surface area (Å²) in [6.07, 6.45) is 2.48. The van der Waals surface area contributed by atoms with Gasteiger partial charge in [0.2, 0.25) is 0 Å². The SMILES string of the molecule is CSCC[C@H](N)C(=O)O.[Cl-].[Cl-].[Zn+2]. The number of hydrogen-bond acceptors (Lipinski definition) is 3. The van der Waals surface area contributed by atoms with Crippen LogP contribution < -0.4 is 30.5 Å². The summed E-state index contributed by atoms with van der Waals surface area (Å²) in [5, 5.41) is 8.27. The number of thioether (sulfide) groups is 1. The van der Waals surface area contributed by atoms with Gasteiger partial charge in [-0.15, -0.1) is 0 Å². The smallest absolute Gasteiger partial charge is 1.00 e. The quantitative estimate of drug-likeness (QED) is 0.505. The Morgan fingerprint density at radius 2 is 2.00 bits per heavy atom. The Labute approximate surface area is 102 Å². The average Bonchev–Trinajstić information content (AvgIpc) is 1.82. The average molecular weight is 286 g/mol. The molecule has 0 aliphatic rings. The third-order valence-electron chi connectivity index (χ3n) is 0.950. The normalized spacial score (nSPS) is 9.83. The summed E-state index contributed by atoms with van der Waals surface area (Å²) in [5.74, 6) is -0.1000. The summed E-state index contributed by atoms with van der Waals surface area (Å²) >= 11 is 1.60. The summed E-state index contributed by atoms with van der Waals surface area (Å²) in [6.45, 7) is 0. The van der Waals surface area contributed by atoms with Crippen LogP contribution in [0, 0.1) is 0 Å². The number of halogens is 2. The van der Waals surface area contributed by atoms with Crippen molar-refractivity contribution in [2.24, 2.45) is 5.73 Å². The predicted octanol–water partition coefficient (Wildman–Crippen LogP) is -5.84. The molecule has 0 bridgehead atoms. The van der Waals surface area contributed by atoms with Crippen molar-refractivity contribution in [3.63, 3.8) is 0 Å². The van der Waals surface area contributed by atoms with E-state index in [0.717, 1.165) is 5.75 Å². The Morgan fingerprint density at radius 1 is 1.58 bits per heavy atom. The van der Waals surface area contributed by atoms with Gasteiger partial charge in [-0.3, -0.25) is 4.79 Å². The largest absolute Gasteiger partial charge is 2.00 e. The predicted molar refractivity (Wildman–Crippen MR) is 38.6 cm³/mol. The van der Waals surface area contributed by atoms with Gasteiger partial charge in [0.25, 0.3) is 0 Å². The third kappa shape index (κ3) is 13.6. The molecular formula is C5H11Cl2NO2SZn. The number of rotatable bonds is 4. The zero-order chi connectivity index (χ0) is 7.28. The standard InChI is InChI=1S/C5H11NO2S.2ClH.Zn/c1-9-3-2-4(6)5(7)8;;;/h4H,2-3,6H2,1H3,(H,7,8);2*1H;/q;;;+2/p-2/t4-;;;/m0.../s1. The van der Waals surface area contributed by atoms with Crippen LogP contribution in [0.4, 0.5) is 0 Å². The molecule has 0 saturated heterocycles. The molecule has 3 N–H and O–H groups in total. The number of carbonyl (C=O) groups is 1. The summed E-state index contributed by atoms with van der Waals surface area (Å²) < 4.78 is 0. The van der Waals surface area contributed by atoms with E-state index in [1.807, 2.05) is 6.26 Å². The van der Waals surface area contributed by atoms with E-state index >= 15 is 0 Å². The first-order chi connectivity index (χ1) is 4.18. The molecule has 0 aromatic heterocycles. The molecule has 70 valence electrons. The molecular weight excluding hydrogens is 274 g/mol. The van der Waals surface area contributed by atoms with Gasteiger partial charge < -0.3 is 35.7 Å². The zero-order valence-electron chi connectivity index (χ0n) is 6.80. The maximum absolute atomic E-state index is 10.1. The van der Waals surface area contributed by atoms with Crippen LogP contribution in [0.25, 0.3) is 0 Å². The number of hydrogen-bond donors (Lipinski definition) is 2. The molecule has 3 nitrogen and oxygen atoms in total. The van der Waals surface area contributed by atoms with Gasteiger partial charge in [0, 0.05) is 0 Å². The summed E-state index contributed by atoms with van der Waals surface area (Å²) in [6, 6.07) is -0.683. The zero-order valence-corrected chi connectivity index (χ0v) is 12.1. The van der Waals surface area contributed by atoms with Gasteiger partial charge in [-0.2, -0.15) is 11.8 Å². The first-order valence-electron chi connectivity index (χ1n) is 2.65. The molecule has 1 atom stereocenters. The number of carboxylic acid groups (broad SMARTS) is 1. The van der Waals surface area contributed by atoms with Gasteiger partial charge >= 0.3 is 25.4 Å². The van der Waals surface area contributed by atoms with Gasteiger partial charge in [0.05, 0.1) is 0 Å². The number of aliphatic carboxylic acids is 1. The van der Waals surface area contributed by atoms with Crippen LogP contribution in [-0.4, -0.2) is 29.1 Å². The van der Waals surface area contributed by atoms with Crippen LogP contribution in [0.15, 0.2) is 0 Å². The Balaban J connectivity index is -0.000000107. The molecule has 0 saturated carbocycles. The molecule has 0 aliphatic carbocycles. The first-order valence-corrected chi connectivity index (χ1v) is 4.05. The van der Waals surface area contributed by atoms with Gasteiger partial charge in [-0.05, 0) is 18.4 Å². The van der Waals surface area contributed by atoms with Crippen LogP contribution in [0.1, 0.15) is 6.42 Å². The van der Waals surface area contributed by atoms with Crippen molar-refractivity contribution in [2.75, 3.05) is 12.0 Å². The Morgan fingerprint density at radius 3 is 2.25 bits per heavy atom. The van der Waals surface area contributed by atoms with Crippen LogP contribution >= 0.6 is 11.8 Å². The van der Waals surface area contributed by atoms with E-state index in [4.69, 9.17) is 10.8 Å². The third-order valence-corrected chi connectivity index (χ3v) is 1.59. The minimum atomic E-state index is -0.913. The Kier molecular flexibility index (Phi) is 27.9. The van der Waals surface area contributed by atoms with Crippen molar-refractivity contribution in [1.29, 1.82) is 0 Å². The Bertz CT molecular complexity index is 109. The van der Waals surface area contributed by atoms with Gasteiger partial charge in [-0.1, -0.05) is 0 Å². The molecule has 0 unspecified atom stereocenters. The Hall–Kier alpha value is 0.983. The van der Waals surface area contributed by atoms with Crippen molar-refractivity contribution in [1.82, 2.24) is 0 Å². The fourth-order valence-electron chi connectivity index (χ4n) is 0.368. The summed E-state index contributed by atoms with van der Waals surface area (Å²) in [4.78, 5) is 10.1. The molecule has 12 heavy (non-hydrogen) atoms. The van der Waals surface area contributed by atoms with Crippen LogP contribution in [0.3, 0.4) is 0 Å². The molecule has 0 aromatic carbocycles. The fraction of sp³-hybridized carbons (Fsp3) is 0.800. The van der Waals surface area contributed by atoms with Crippen molar-refractivity contribution in [3.8, 4) is 0 Å². The number of nitrogens with two attached hydrogens (primary N) is 1. The van der Waals surface area contributed by atoms with Gasteiger partial charge in [0.1, 0.15) is 6.04 Å². The minimum absolute atomic E-state index is 0. The summed E-state index contributed by atoms with van der Waals surface area (Å²) in [5.41, 5.74) is 5.19. The molecule has 0 fully saturated rings. The van der Waals surface area contributed by atoms with Crippen molar-refractivity contribution < 1.29 is 54.2 Å².